The fourth-order valence-corrected chi connectivity index (χ4v) is 7.74. The third-order valence-corrected chi connectivity index (χ3v) is 10.9. The van der Waals surface area contributed by atoms with E-state index in [0.29, 0.717) is 11.5 Å². The van der Waals surface area contributed by atoms with Crippen LogP contribution in [0.5, 0.6) is 5.75 Å². The van der Waals surface area contributed by atoms with Gasteiger partial charge in [0.2, 0.25) is 21.7 Å². The maximum absolute atomic E-state index is 15.0. The number of rotatable bonds is 13. The molecule has 0 heterocycles. The topological polar surface area (TPSA) is 153 Å². The van der Waals surface area contributed by atoms with Gasteiger partial charge in [-0.3, -0.25) is 9.59 Å². The van der Waals surface area contributed by atoms with Gasteiger partial charge in [-0.15, -0.1) is 0 Å². The lowest BCUT2D eigenvalue weighted by Gasteiger charge is -2.28. The number of aromatic hydroxyl groups is 1. The SMILES string of the molecule is O=C(CO)c1cccc(CN(CC(=O)N(Cc2ccc(C3CCCCC3)cc2)c2ccc(C(=O)O)c(O)c2)S(=O)(=O)c2c(F)c(F)c(F)c(F)c2F)c1. The van der Waals surface area contributed by atoms with Crippen LogP contribution in [0.15, 0.2) is 71.6 Å². The van der Waals surface area contributed by atoms with E-state index in [9.17, 15) is 51.3 Å². The number of ketones is 1. The summed E-state index contributed by atoms with van der Waals surface area (Å²) in [6, 6.07) is 15.2. The Bertz CT molecular complexity index is 2130. The van der Waals surface area contributed by atoms with Crippen LogP contribution in [0.2, 0.25) is 0 Å². The van der Waals surface area contributed by atoms with Crippen LogP contribution in [0.25, 0.3) is 0 Å². The van der Waals surface area contributed by atoms with Crippen LogP contribution in [-0.4, -0.2) is 58.9 Å². The number of hydrogen-bond donors (Lipinski definition) is 3. The zero-order chi connectivity index (χ0) is 38.6. The van der Waals surface area contributed by atoms with Crippen LogP contribution >= 0.6 is 0 Å². The first-order valence-corrected chi connectivity index (χ1v) is 17.8. The number of nitrogens with zero attached hydrogens (tertiary/aromatic N) is 2. The number of carbonyl (C=O) groups excluding carboxylic acids is 2. The Morgan fingerprint density at radius 1 is 0.755 bits per heavy atom. The van der Waals surface area contributed by atoms with E-state index < -0.39 is 92.7 Å². The minimum Gasteiger partial charge on any atom is -0.507 e. The minimum absolute atomic E-state index is 0.0714. The average molecular weight is 761 g/mol. The van der Waals surface area contributed by atoms with E-state index in [1.807, 2.05) is 12.1 Å². The summed E-state index contributed by atoms with van der Waals surface area (Å²) in [7, 11) is -5.76. The van der Waals surface area contributed by atoms with Crippen LogP contribution in [0, 0.1) is 29.1 Å². The fraction of sp³-hybridized carbons (Fsp3) is 0.270. The van der Waals surface area contributed by atoms with Gasteiger partial charge >= 0.3 is 5.97 Å². The fourth-order valence-electron chi connectivity index (χ4n) is 6.25. The molecule has 0 aromatic heterocycles. The molecule has 0 spiro atoms. The Hall–Kier alpha value is -5.19. The maximum atomic E-state index is 15.0. The van der Waals surface area contributed by atoms with Crippen molar-refractivity contribution < 1.29 is 60.1 Å². The third-order valence-electron chi connectivity index (χ3n) is 9.05. The number of aliphatic hydroxyl groups is 1. The summed E-state index contributed by atoms with van der Waals surface area (Å²) >= 11 is 0. The molecule has 280 valence electrons. The van der Waals surface area contributed by atoms with Gasteiger partial charge in [0.1, 0.15) is 17.9 Å². The van der Waals surface area contributed by atoms with E-state index in [2.05, 4.69) is 0 Å². The maximum Gasteiger partial charge on any atom is 0.339 e. The summed E-state index contributed by atoms with van der Waals surface area (Å²) in [5.74, 6) is -16.9. The molecule has 5 rings (SSSR count). The van der Waals surface area contributed by atoms with Crippen molar-refractivity contribution in [3.63, 3.8) is 0 Å². The van der Waals surface area contributed by atoms with Crippen molar-refractivity contribution in [3.8, 4) is 5.75 Å². The Morgan fingerprint density at radius 2 is 1.38 bits per heavy atom. The molecule has 0 unspecified atom stereocenters. The van der Waals surface area contributed by atoms with Gasteiger partial charge in [-0.25, -0.2) is 35.2 Å². The monoisotopic (exact) mass is 760 g/mol. The largest absolute Gasteiger partial charge is 0.507 e. The molecule has 0 saturated heterocycles. The molecule has 10 nitrogen and oxygen atoms in total. The number of phenols is 1. The predicted molar refractivity (Wildman–Crippen MR) is 180 cm³/mol. The molecule has 4 aromatic rings. The summed E-state index contributed by atoms with van der Waals surface area (Å²) in [6.45, 7) is -3.46. The number of anilines is 1. The third kappa shape index (κ3) is 8.40. The first-order valence-electron chi connectivity index (χ1n) is 16.3. The van der Waals surface area contributed by atoms with Gasteiger partial charge < -0.3 is 20.2 Å². The molecule has 0 aliphatic heterocycles. The first-order chi connectivity index (χ1) is 25.1. The molecule has 4 aromatic carbocycles. The number of carboxylic acids is 1. The van der Waals surface area contributed by atoms with Crippen LogP contribution in [0.4, 0.5) is 27.6 Å². The molecular formula is C37H33F5N2O8S. The number of aliphatic hydroxyl groups excluding tert-OH is 1. The highest BCUT2D eigenvalue weighted by Crippen LogP contribution is 2.34. The van der Waals surface area contributed by atoms with Crippen molar-refractivity contribution in [3.05, 3.63) is 124 Å². The molecule has 16 heteroatoms. The highest BCUT2D eigenvalue weighted by atomic mass is 32.2. The Balaban J connectivity index is 1.58. The number of carbonyl (C=O) groups is 3. The molecule has 53 heavy (non-hydrogen) atoms. The highest BCUT2D eigenvalue weighted by Gasteiger charge is 2.39. The molecular weight excluding hydrogens is 727 g/mol. The van der Waals surface area contributed by atoms with Crippen molar-refractivity contribution in [2.24, 2.45) is 0 Å². The Labute approximate surface area is 300 Å². The van der Waals surface area contributed by atoms with E-state index in [4.69, 9.17) is 0 Å². The standard InChI is InChI=1S/C37H33F5N2O8S/c38-31-32(39)34(41)36(35(42)33(31)40)53(51,52)43(17-22-5-4-8-25(15-22)29(47)20-45)19-30(48)44(26-13-14-27(37(49)50)28(46)16-26)18-21-9-11-24(12-10-21)23-6-2-1-3-7-23/h4-5,8-16,23,45-46H,1-3,6-7,17-20H2,(H,49,50). The van der Waals surface area contributed by atoms with Gasteiger partial charge in [0.25, 0.3) is 0 Å². The van der Waals surface area contributed by atoms with E-state index in [-0.39, 0.29) is 27.7 Å². The number of hydrogen-bond acceptors (Lipinski definition) is 7. The van der Waals surface area contributed by atoms with Crippen molar-refractivity contribution >= 4 is 33.4 Å². The number of benzene rings is 4. The predicted octanol–water partition coefficient (Wildman–Crippen LogP) is 6.43. The highest BCUT2D eigenvalue weighted by molar-refractivity contribution is 7.89. The van der Waals surface area contributed by atoms with Crippen LogP contribution < -0.4 is 4.90 Å². The molecule has 0 radical (unpaired) electrons. The van der Waals surface area contributed by atoms with Crippen LogP contribution in [-0.2, 0) is 27.9 Å². The van der Waals surface area contributed by atoms with Crippen LogP contribution in [0.1, 0.15) is 75.4 Å². The summed E-state index contributed by atoms with van der Waals surface area (Å²) < 4.78 is 100. The van der Waals surface area contributed by atoms with E-state index in [1.165, 1.54) is 18.2 Å². The summed E-state index contributed by atoms with van der Waals surface area (Å²) in [5, 5.41) is 29.2. The van der Waals surface area contributed by atoms with Crippen LogP contribution in [0.3, 0.4) is 0 Å². The van der Waals surface area contributed by atoms with Gasteiger partial charge in [0.05, 0.1) is 13.1 Å². The Kier molecular flexibility index (Phi) is 11.9. The summed E-state index contributed by atoms with van der Waals surface area (Å²) in [4.78, 5) is 36.6. The normalized spacial score (nSPS) is 13.6. The first kappa shape index (κ1) is 39.0. The molecule has 0 atom stereocenters. The molecule has 0 bridgehead atoms. The molecule has 1 aliphatic carbocycles. The second-order valence-electron chi connectivity index (χ2n) is 12.5. The van der Waals surface area contributed by atoms with Crippen molar-refractivity contribution in [1.82, 2.24) is 4.31 Å². The molecule has 1 fully saturated rings. The lowest BCUT2D eigenvalue weighted by molar-refractivity contribution is -0.119. The van der Waals surface area contributed by atoms with Crippen molar-refractivity contribution in [2.45, 2.75) is 56.0 Å². The average Bonchev–Trinajstić information content (AvgIpc) is 3.15. The summed E-state index contributed by atoms with van der Waals surface area (Å²) in [5.41, 5.74) is 0.736. The minimum atomic E-state index is -5.76. The molecule has 1 amide bonds. The quantitative estimate of drug-likeness (QED) is 0.0610. The lowest BCUT2D eigenvalue weighted by atomic mass is 9.84. The second kappa shape index (κ2) is 16.2. The van der Waals surface area contributed by atoms with Gasteiger partial charge in [-0.05, 0) is 53.6 Å². The van der Waals surface area contributed by atoms with Crippen molar-refractivity contribution in [1.29, 1.82) is 0 Å². The number of halogens is 5. The summed E-state index contributed by atoms with van der Waals surface area (Å²) in [6.07, 6.45) is 5.31. The Morgan fingerprint density at radius 3 is 1.96 bits per heavy atom. The van der Waals surface area contributed by atoms with E-state index >= 15 is 8.78 Å². The molecule has 1 aliphatic rings. The smallest absolute Gasteiger partial charge is 0.339 e. The lowest BCUT2D eigenvalue weighted by Crippen LogP contribution is -2.43. The van der Waals surface area contributed by atoms with Gasteiger partial charge in [0.15, 0.2) is 33.9 Å². The number of aromatic carboxylic acids is 1. The van der Waals surface area contributed by atoms with Gasteiger partial charge in [0, 0.05) is 23.9 Å². The molecule has 3 N–H and O–H groups in total. The second-order valence-corrected chi connectivity index (χ2v) is 14.4. The van der Waals surface area contributed by atoms with Gasteiger partial charge in [-0.2, -0.15) is 4.31 Å². The number of carboxylic acid groups (broad SMARTS) is 1. The van der Waals surface area contributed by atoms with Crippen molar-refractivity contribution in [2.75, 3.05) is 18.1 Å². The molecule has 1 saturated carbocycles. The van der Waals surface area contributed by atoms with E-state index in [1.54, 1.807) is 12.1 Å². The number of Topliss-reactive ketones (excluding diaryl/α,β-unsaturated/α-hetero) is 1. The zero-order valence-electron chi connectivity index (χ0n) is 27.9. The van der Waals surface area contributed by atoms with E-state index in [0.717, 1.165) is 66.8 Å². The zero-order valence-corrected chi connectivity index (χ0v) is 28.7. The van der Waals surface area contributed by atoms with Gasteiger partial charge in [-0.1, -0.05) is 61.7 Å². The number of sulfonamides is 1. The number of amides is 1.